The van der Waals surface area contributed by atoms with Crippen molar-refractivity contribution in [3.63, 3.8) is 0 Å². The van der Waals surface area contributed by atoms with Crippen LogP contribution in [0.2, 0.25) is 3.93 Å². The van der Waals surface area contributed by atoms with E-state index in [1.807, 2.05) is 0 Å². The van der Waals surface area contributed by atoms with E-state index in [9.17, 15) is 0 Å². The number of benzene rings is 1. The molecular weight excluding hydrogens is 651 g/mol. The Kier molecular flexibility index (Phi) is 15.7. The van der Waals surface area contributed by atoms with Gasteiger partial charge in [0.15, 0.2) is 0 Å². The molecule has 4 rings (SSSR count). The fourth-order valence-electron chi connectivity index (χ4n) is 10.6. The number of rotatable bonds is 15. The fraction of sp³-hybridized carbons (Fsp3) is 0.810. The van der Waals surface area contributed by atoms with Gasteiger partial charge in [0.05, 0.1) is 0 Å². The second-order valence-corrected chi connectivity index (χ2v) is 24.0. The SMILES string of the molecule is CCCC(C=N)CCCC(CN)[C@@H]1C[CH]([Sn](=[CH]C(CC)C2CCC(C3CCCC(C)C3C)CC2)[c]2ccccc2)CC(C)C1C. The molecule has 1 aromatic carbocycles. The fourth-order valence-corrected chi connectivity index (χ4v) is 21.0. The van der Waals surface area contributed by atoms with Crippen LogP contribution in [0.15, 0.2) is 30.3 Å². The Morgan fingerprint density at radius 3 is 2.24 bits per heavy atom. The van der Waals surface area contributed by atoms with Gasteiger partial charge in [0.1, 0.15) is 0 Å². The normalized spacial score (nSPS) is 35.0. The molecule has 10 atom stereocenters. The first-order valence-corrected chi connectivity index (χ1v) is 24.5. The van der Waals surface area contributed by atoms with Crippen LogP contribution in [0.4, 0.5) is 0 Å². The molecule has 9 unspecified atom stereocenters. The van der Waals surface area contributed by atoms with E-state index in [-0.39, 0.29) is 0 Å². The van der Waals surface area contributed by atoms with Crippen molar-refractivity contribution in [2.24, 2.45) is 70.8 Å². The van der Waals surface area contributed by atoms with Gasteiger partial charge in [-0.2, -0.15) is 0 Å². The molecule has 3 aliphatic rings. The van der Waals surface area contributed by atoms with E-state index < -0.39 is 19.3 Å². The summed E-state index contributed by atoms with van der Waals surface area (Å²) in [6.45, 7) is 15.8. The van der Waals surface area contributed by atoms with Gasteiger partial charge in [-0.05, 0) is 0 Å². The number of hydrogen-bond donors (Lipinski definition) is 2. The number of nitrogens with one attached hydrogen (secondary N) is 1. The van der Waals surface area contributed by atoms with Crippen LogP contribution in [0.1, 0.15) is 138 Å². The topological polar surface area (TPSA) is 49.9 Å². The third-order valence-corrected chi connectivity index (χ3v) is 22.9. The standard InChI is InChI=1S/C18H35N2.C18H32.C6H5.Sn/c1-4-7-16(12-19)9-6-10-17(13-20)18-11-5-8-14(2)15(18)3;1-5-13(2)16-9-11-17(12-10-16)18-8-6-7-14(3)15(18)4;1-2-4-6-5-3-1;/h5,12,14-19H,4,6-11,13,20H2,1-3H3;2,13-18H,5-12H2,1,3-4H3;1-5H;/t14?,15?,16?,17?,18-;;;/m1.../s1. The van der Waals surface area contributed by atoms with E-state index in [2.05, 4.69) is 75.9 Å². The summed E-state index contributed by atoms with van der Waals surface area (Å²) in [5.74, 6) is 9.02. The van der Waals surface area contributed by atoms with Gasteiger partial charge >= 0.3 is 288 Å². The van der Waals surface area contributed by atoms with Gasteiger partial charge in [0.2, 0.25) is 0 Å². The summed E-state index contributed by atoms with van der Waals surface area (Å²) in [6.07, 6.45) is 22.3. The zero-order valence-electron chi connectivity index (χ0n) is 30.4. The number of nitrogens with two attached hydrogens (primary N) is 1. The van der Waals surface area contributed by atoms with Gasteiger partial charge in [0, 0.05) is 0 Å². The monoisotopic (exact) mass is 724 g/mol. The summed E-state index contributed by atoms with van der Waals surface area (Å²) >= 11 is -2.06. The Balaban J connectivity index is 1.50. The van der Waals surface area contributed by atoms with Gasteiger partial charge in [-0.3, -0.25) is 0 Å². The van der Waals surface area contributed by atoms with E-state index in [1.165, 1.54) is 89.9 Å². The molecular formula is C42H72N2Sn. The predicted octanol–water partition coefficient (Wildman–Crippen LogP) is 10.5. The van der Waals surface area contributed by atoms with Gasteiger partial charge < -0.3 is 0 Å². The van der Waals surface area contributed by atoms with Crippen LogP contribution in [-0.2, 0) is 0 Å². The van der Waals surface area contributed by atoms with Gasteiger partial charge in [0.25, 0.3) is 0 Å². The van der Waals surface area contributed by atoms with Crippen molar-refractivity contribution < 1.29 is 0 Å². The molecule has 3 fully saturated rings. The molecule has 1 aromatic rings. The van der Waals surface area contributed by atoms with Crippen molar-refractivity contribution in [1.29, 1.82) is 5.41 Å². The van der Waals surface area contributed by atoms with Crippen molar-refractivity contribution in [3.8, 4) is 0 Å². The van der Waals surface area contributed by atoms with Crippen LogP contribution in [0.3, 0.4) is 0 Å². The molecule has 3 heteroatoms. The van der Waals surface area contributed by atoms with Crippen LogP contribution in [-0.4, -0.2) is 36.1 Å². The van der Waals surface area contributed by atoms with Crippen LogP contribution in [0.5, 0.6) is 0 Å². The molecule has 0 radical (unpaired) electrons. The first-order valence-electron chi connectivity index (χ1n) is 19.8. The van der Waals surface area contributed by atoms with E-state index in [0.29, 0.717) is 11.8 Å². The number of hydrogen-bond acceptors (Lipinski definition) is 2. The van der Waals surface area contributed by atoms with Crippen LogP contribution in [0.25, 0.3) is 0 Å². The summed E-state index contributed by atoms with van der Waals surface area (Å²) in [6, 6.07) is 11.9. The minimum absolute atomic E-state index is 0.465. The Labute approximate surface area is 286 Å². The van der Waals surface area contributed by atoms with Gasteiger partial charge in [-0.1, -0.05) is 0 Å². The molecule has 2 nitrogen and oxygen atoms in total. The molecule has 254 valence electrons. The maximum atomic E-state index is 7.87. The van der Waals surface area contributed by atoms with Crippen molar-refractivity contribution in [3.05, 3.63) is 30.3 Å². The van der Waals surface area contributed by atoms with E-state index in [1.54, 1.807) is 9.79 Å². The quantitative estimate of drug-likeness (QED) is 0.137. The third-order valence-electron chi connectivity index (χ3n) is 13.9. The first kappa shape index (κ1) is 37.3. The van der Waals surface area contributed by atoms with Crippen LogP contribution < -0.4 is 9.31 Å². The van der Waals surface area contributed by atoms with Gasteiger partial charge in [-0.25, -0.2) is 0 Å². The first-order chi connectivity index (χ1) is 21.8. The summed E-state index contributed by atoms with van der Waals surface area (Å²) in [5.41, 5.74) is 6.60. The summed E-state index contributed by atoms with van der Waals surface area (Å²) in [5, 5.41) is 7.87. The van der Waals surface area contributed by atoms with Crippen molar-refractivity contribution >= 4 is 33.1 Å². The Morgan fingerprint density at radius 1 is 0.867 bits per heavy atom. The minimum atomic E-state index is -2.06. The zero-order chi connectivity index (χ0) is 32.3. The van der Waals surface area contributed by atoms with Gasteiger partial charge in [-0.15, -0.1) is 0 Å². The molecule has 3 saturated carbocycles. The molecule has 0 amide bonds. The van der Waals surface area contributed by atoms with E-state index in [0.717, 1.165) is 70.2 Å². The van der Waals surface area contributed by atoms with E-state index in [4.69, 9.17) is 11.1 Å². The average Bonchev–Trinajstić information content (AvgIpc) is 3.06. The maximum absolute atomic E-state index is 7.87. The van der Waals surface area contributed by atoms with Crippen molar-refractivity contribution in [2.75, 3.05) is 6.54 Å². The second-order valence-electron chi connectivity index (χ2n) is 16.5. The summed E-state index contributed by atoms with van der Waals surface area (Å²) in [7, 11) is 0. The van der Waals surface area contributed by atoms with Crippen LogP contribution in [0, 0.1) is 70.5 Å². The average molecular weight is 724 g/mol. The zero-order valence-corrected chi connectivity index (χ0v) is 33.2. The van der Waals surface area contributed by atoms with Crippen molar-refractivity contribution in [2.45, 2.75) is 142 Å². The van der Waals surface area contributed by atoms with E-state index >= 15 is 0 Å². The summed E-state index contributed by atoms with van der Waals surface area (Å²) < 4.78 is 5.75. The third kappa shape index (κ3) is 10.0. The molecule has 0 aromatic heterocycles. The summed E-state index contributed by atoms with van der Waals surface area (Å²) in [4.78, 5) is 0. The predicted molar refractivity (Wildman–Crippen MR) is 201 cm³/mol. The molecule has 45 heavy (non-hydrogen) atoms. The molecule has 3 aliphatic carbocycles. The molecule has 3 N–H and O–H groups in total. The van der Waals surface area contributed by atoms with Crippen molar-refractivity contribution in [1.82, 2.24) is 0 Å². The Bertz CT molecular complexity index is 1010. The Hall–Kier alpha value is -0.481. The molecule has 0 heterocycles. The molecule has 0 aliphatic heterocycles. The van der Waals surface area contributed by atoms with Crippen LogP contribution >= 0.6 is 0 Å². The molecule has 0 saturated heterocycles. The molecule has 0 spiro atoms. The molecule has 0 bridgehead atoms. The Morgan fingerprint density at radius 2 is 1.60 bits per heavy atom. The second kappa shape index (κ2) is 18.9.